The number of primary amides is 1. The lowest BCUT2D eigenvalue weighted by molar-refractivity contribution is 0.248. The highest BCUT2D eigenvalue weighted by molar-refractivity contribution is 5.71. The number of nitrogens with one attached hydrogen (secondary N) is 1. The van der Waals surface area contributed by atoms with E-state index < -0.39 is 6.03 Å². The maximum absolute atomic E-state index is 10.1. The van der Waals surface area contributed by atoms with Gasteiger partial charge in [-0.1, -0.05) is 56.2 Å². The van der Waals surface area contributed by atoms with Crippen LogP contribution in [-0.2, 0) is 0 Å². The fraction of sp³-hybridized carbons (Fsp3) is 0.417. The van der Waals surface area contributed by atoms with Crippen LogP contribution >= 0.6 is 0 Å². The Morgan fingerprint density at radius 1 is 1.07 bits per heavy atom. The van der Waals surface area contributed by atoms with Gasteiger partial charge in [-0.3, -0.25) is 0 Å². The number of nitrogens with two attached hydrogens (primary N) is 1. The van der Waals surface area contributed by atoms with Crippen molar-refractivity contribution in [3.05, 3.63) is 36.4 Å². The maximum Gasteiger partial charge on any atom is 0.312 e. The second kappa shape index (κ2) is 10.6. The Labute approximate surface area is 91.7 Å². The number of carbonyl (C=O) groups excluding carboxylic acids is 1. The Morgan fingerprint density at radius 2 is 1.53 bits per heavy atom. The van der Waals surface area contributed by atoms with E-state index in [1.54, 1.807) is 0 Å². The van der Waals surface area contributed by atoms with Crippen LogP contribution in [-0.4, -0.2) is 12.6 Å². The van der Waals surface area contributed by atoms with E-state index in [1.165, 1.54) is 6.42 Å². The molecule has 0 bridgehead atoms. The Hall–Kier alpha value is -1.51. The molecule has 0 aliphatic rings. The molecule has 0 saturated heterocycles. The fourth-order valence-corrected chi connectivity index (χ4v) is 0.971. The van der Waals surface area contributed by atoms with Gasteiger partial charge in [0.25, 0.3) is 0 Å². The molecule has 3 N–H and O–H groups in total. The van der Waals surface area contributed by atoms with Gasteiger partial charge < -0.3 is 11.1 Å². The van der Waals surface area contributed by atoms with Crippen molar-refractivity contribution in [1.82, 2.24) is 5.32 Å². The molecule has 0 spiro atoms. The standard InChI is InChI=1S/C6H14N2O.C6H6/c1-2-3-4-5-8-6(7)9;1-2-4-6-5-3-1/h2-5H2,1H3,(H3,7,8,9);1-6H. The van der Waals surface area contributed by atoms with E-state index in [-0.39, 0.29) is 0 Å². The van der Waals surface area contributed by atoms with Crippen LogP contribution in [0.15, 0.2) is 36.4 Å². The van der Waals surface area contributed by atoms with Crippen molar-refractivity contribution in [2.45, 2.75) is 26.2 Å². The van der Waals surface area contributed by atoms with Crippen molar-refractivity contribution >= 4 is 6.03 Å². The molecule has 1 rings (SSSR count). The summed E-state index contributed by atoms with van der Waals surface area (Å²) in [6, 6.07) is 11.6. The van der Waals surface area contributed by atoms with Gasteiger partial charge in [-0.15, -0.1) is 0 Å². The van der Waals surface area contributed by atoms with Crippen molar-refractivity contribution in [2.75, 3.05) is 6.54 Å². The molecule has 0 radical (unpaired) electrons. The highest BCUT2D eigenvalue weighted by atomic mass is 16.2. The minimum atomic E-state index is -0.425. The van der Waals surface area contributed by atoms with E-state index in [4.69, 9.17) is 5.73 Å². The molecule has 0 fully saturated rings. The summed E-state index contributed by atoms with van der Waals surface area (Å²) < 4.78 is 0. The highest BCUT2D eigenvalue weighted by Gasteiger charge is 1.88. The largest absolute Gasteiger partial charge is 0.352 e. The molecule has 0 aliphatic heterocycles. The Balaban J connectivity index is 0.000000280. The molecule has 15 heavy (non-hydrogen) atoms. The van der Waals surface area contributed by atoms with E-state index >= 15 is 0 Å². The SMILES string of the molecule is CCCCCNC(N)=O.c1ccccc1. The van der Waals surface area contributed by atoms with Crippen molar-refractivity contribution in [2.24, 2.45) is 5.73 Å². The molecule has 1 aromatic carbocycles. The van der Waals surface area contributed by atoms with Crippen molar-refractivity contribution in [3.8, 4) is 0 Å². The summed E-state index contributed by atoms with van der Waals surface area (Å²) in [6.07, 6.45) is 3.35. The summed E-state index contributed by atoms with van der Waals surface area (Å²) in [6.45, 7) is 2.83. The second-order valence-electron chi connectivity index (χ2n) is 3.15. The molecular weight excluding hydrogens is 188 g/mol. The first kappa shape index (κ1) is 13.5. The molecule has 0 unspecified atom stereocenters. The van der Waals surface area contributed by atoms with Crippen molar-refractivity contribution in [1.29, 1.82) is 0 Å². The van der Waals surface area contributed by atoms with Crippen LogP contribution in [0.1, 0.15) is 26.2 Å². The number of carbonyl (C=O) groups is 1. The zero-order valence-electron chi connectivity index (χ0n) is 9.28. The van der Waals surface area contributed by atoms with Gasteiger partial charge in [-0.05, 0) is 6.42 Å². The van der Waals surface area contributed by atoms with Gasteiger partial charge in [0.1, 0.15) is 0 Å². The third-order valence-corrected chi connectivity index (χ3v) is 1.75. The predicted octanol–water partition coefficient (Wildman–Crippen LogP) is 2.53. The molecule has 0 aliphatic carbocycles. The zero-order valence-corrected chi connectivity index (χ0v) is 9.28. The Kier molecular flexibility index (Phi) is 9.51. The predicted molar refractivity (Wildman–Crippen MR) is 63.6 cm³/mol. The minimum Gasteiger partial charge on any atom is -0.352 e. The third-order valence-electron chi connectivity index (χ3n) is 1.75. The summed E-state index contributed by atoms with van der Waals surface area (Å²) in [4.78, 5) is 10.1. The van der Waals surface area contributed by atoms with Crippen LogP contribution < -0.4 is 11.1 Å². The van der Waals surface area contributed by atoms with E-state index in [0.717, 1.165) is 12.8 Å². The number of hydrogen-bond donors (Lipinski definition) is 2. The average molecular weight is 208 g/mol. The maximum atomic E-state index is 10.1. The fourth-order valence-electron chi connectivity index (χ4n) is 0.971. The normalized spacial score (nSPS) is 8.60. The number of rotatable bonds is 4. The van der Waals surface area contributed by atoms with Crippen LogP contribution in [0.3, 0.4) is 0 Å². The van der Waals surface area contributed by atoms with Crippen molar-refractivity contribution < 1.29 is 4.79 Å². The topological polar surface area (TPSA) is 55.1 Å². The van der Waals surface area contributed by atoms with E-state index in [0.29, 0.717) is 6.54 Å². The number of benzene rings is 1. The number of hydrogen-bond acceptors (Lipinski definition) is 1. The lowest BCUT2D eigenvalue weighted by Gasteiger charge is -1.97. The second-order valence-corrected chi connectivity index (χ2v) is 3.15. The Bertz CT molecular complexity index is 210. The van der Waals surface area contributed by atoms with Crippen LogP contribution in [0, 0.1) is 0 Å². The van der Waals surface area contributed by atoms with E-state index in [2.05, 4.69) is 12.2 Å². The molecular formula is C12H20N2O. The molecule has 2 amide bonds. The van der Waals surface area contributed by atoms with Crippen molar-refractivity contribution in [3.63, 3.8) is 0 Å². The minimum absolute atomic E-state index is 0.425. The van der Waals surface area contributed by atoms with Gasteiger partial charge in [0.05, 0.1) is 0 Å². The van der Waals surface area contributed by atoms with E-state index in [1.807, 2.05) is 36.4 Å². The number of urea groups is 1. The highest BCUT2D eigenvalue weighted by Crippen LogP contribution is 1.90. The monoisotopic (exact) mass is 208 g/mol. The smallest absolute Gasteiger partial charge is 0.312 e. The molecule has 84 valence electrons. The average Bonchev–Trinajstić information content (AvgIpc) is 2.28. The number of unbranched alkanes of at least 4 members (excludes halogenated alkanes) is 2. The molecule has 0 saturated carbocycles. The molecule has 1 aromatic rings. The summed E-state index contributed by atoms with van der Waals surface area (Å²) in [5.41, 5.74) is 4.82. The Morgan fingerprint density at radius 3 is 1.87 bits per heavy atom. The van der Waals surface area contributed by atoms with Gasteiger partial charge in [-0.2, -0.15) is 0 Å². The van der Waals surface area contributed by atoms with Crippen LogP contribution in [0.2, 0.25) is 0 Å². The molecule has 3 heteroatoms. The molecule has 0 atom stereocenters. The zero-order chi connectivity index (χ0) is 11.4. The van der Waals surface area contributed by atoms with Gasteiger partial charge >= 0.3 is 6.03 Å². The van der Waals surface area contributed by atoms with Crippen LogP contribution in [0.5, 0.6) is 0 Å². The molecule has 3 nitrogen and oxygen atoms in total. The summed E-state index contributed by atoms with van der Waals surface area (Å²) in [7, 11) is 0. The summed E-state index contributed by atoms with van der Waals surface area (Å²) >= 11 is 0. The molecule has 0 aromatic heterocycles. The first-order valence-corrected chi connectivity index (χ1v) is 5.30. The van der Waals surface area contributed by atoms with Gasteiger partial charge in [0.2, 0.25) is 0 Å². The first-order valence-electron chi connectivity index (χ1n) is 5.30. The quantitative estimate of drug-likeness (QED) is 0.734. The number of amides is 2. The van der Waals surface area contributed by atoms with Gasteiger partial charge in [0, 0.05) is 6.54 Å². The van der Waals surface area contributed by atoms with Crippen LogP contribution in [0.4, 0.5) is 4.79 Å². The lowest BCUT2D eigenvalue weighted by Crippen LogP contribution is -2.29. The third kappa shape index (κ3) is 12.5. The lowest BCUT2D eigenvalue weighted by atomic mass is 10.2. The van der Waals surface area contributed by atoms with Crippen LogP contribution in [0.25, 0.3) is 0 Å². The summed E-state index contributed by atoms with van der Waals surface area (Å²) in [5, 5.41) is 2.52. The van der Waals surface area contributed by atoms with E-state index in [9.17, 15) is 4.79 Å². The van der Waals surface area contributed by atoms with Gasteiger partial charge in [-0.25, -0.2) is 4.79 Å². The first-order chi connectivity index (χ1) is 7.27. The van der Waals surface area contributed by atoms with Gasteiger partial charge in [0.15, 0.2) is 0 Å². The summed E-state index contributed by atoms with van der Waals surface area (Å²) in [5.74, 6) is 0. The molecule has 0 heterocycles.